The van der Waals surface area contributed by atoms with E-state index in [1.54, 1.807) is 12.1 Å². The van der Waals surface area contributed by atoms with Gasteiger partial charge in [-0.15, -0.1) is 0 Å². The number of unbranched alkanes of at least 4 members (excludes halogenated alkanes) is 2. The van der Waals surface area contributed by atoms with Gasteiger partial charge in [0.15, 0.2) is 0 Å². The van der Waals surface area contributed by atoms with Crippen molar-refractivity contribution in [3.63, 3.8) is 0 Å². The molecule has 0 unspecified atom stereocenters. The Morgan fingerprint density at radius 3 is 2.83 bits per heavy atom. The molecule has 0 saturated carbocycles. The average molecular weight is 271 g/mol. The standard InChI is InChI=1S/C13H19ClN2O2/c1-2-11-8-10(9-12(14)16-11)13(18)15-6-4-3-5-7-17/h8-9,17H,2-7H2,1H3,(H,15,18). The number of hydrogen-bond donors (Lipinski definition) is 2. The van der Waals surface area contributed by atoms with E-state index in [9.17, 15) is 4.79 Å². The molecule has 1 aromatic rings. The topological polar surface area (TPSA) is 62.2 Å². The molecule has 5 heteroatoms. The maximum Gasteiger partial charge on any atom is 0.251 e. The maximum absolute atomic E-state index is 11.9. The first-order valence-corrected chi connectivity index (χ1v) is 6.60. The van der Waals surface area contributed by atoms with E-state index in [2.05, 4.69) is 10.3 Å². The number of carbonyl (C=O) groups excluding carboxylic acids is 1. The van der Waals surface area contributed by atoms with E-state index in [1.165, 1.54) is 0 Å². The Bertz CT molecular complexity index is 397. The number of hydrogen-bond acceptors (Lipinski definition) is 3. The van der Waals surface area contributed by atoms with Gasteiger partial charge >= 0.3 is 0 Å². The molecule has 1 aromatic heterocycles. The van der Waals surface area contributed by atoms with Crippen LogP contribution >= 0.6 is 11.6 Å². The molecule has 1 amide bonds. The van der Waals surface area contributed by atoms with Gasteiger partial charge in [-0.05, 0) is 37.8 Å². The number of nitrogens with zero attached hydrogens (tertiary/aromatic N) is 1. The van der Waals surface area contributed by atoms with E-state index in [4.69, 9.17) is 16.7 Å². The van der Waals surface area contributed by atoms with Crippen molar-refractivity contribution in [1.29, 1.82) is 0 Å². The predicted octanol–water partition coefficient (Wildman–Crippen LogP) is 2.19. The van der Waals surface area contributed by atoms with Crippen molar-refractivity contribution < 1.29 is 9.90 Å². The minimum atomic E-state index is -0.127. The predicted molar refractivity (Wildman–Crippen MR) is 71.9 cm³/mol. The molecular weight excluding hydrogens is 252 g/mol. The van der Waals surface area contributed by atoms with Crippen molar-refractivity contribution in [1.82, 2.24) is 10.3 Å². The van der Waals surface area contributed by atoms with Crippen LogP contribution in [0, 0.1) is 0 Å². The molecule has 100 valence electrons. The summed E-state index contributed by atoms with van der Waals surface area (Å²) in [5, 5.41) is 11.8. The Morgan fingerprint density at radius 2 is 2.17 bits per heavy atom. The maximum atomic E-state index is 11.9. The van der Waals surface area contributed by atoms with Gasteiger partial charge in [-0.3, -0.25) is 4.79 Å². The van der Waals surface area contributed by atoms with Crippen LogP contribution in [0.2, 0.25) is 5.15 Å². The first kappa shape index (κ1) is 14.9. The second-order valence-electron chi connectivity index (χ2n) is 4.06. The van der Waals surface area contributed by atoms with Crippen LogP contribution in [0.3, 0.4) is 0 Å². The summed E-state index contributed by atoms with van der Waals surface area (Å²) in [5.41, 5.74) is 1.36. The second kappa shape index (κ2) is 8.06. The summed E-state index contributed by atoms with van der Waals surface area (Å²) in [6.07, 6.45) is 3.30. The van der Waals surface area contributed by atoms with Gasteiger partial charge in [0.1, 0.15) is 5.15 Å². The summed E-state index contributed by atoms with van der Waals surface area (Å²) in [7, 11) is 0. The monoisotopic (exact) mass is 270 g/mol. The van der Waals surface area contributed by atoms with Crippen LogP contribution in [0.1, 0.15) is 42.2 Å². The molecular formula is C13H19ClN2O2. The van der Waals surface area contributed by atoms with Gasteiger partial charge in [-0.25, -0.2) is 4.98 Å². The summed E-state index contributed by atoms with van der Waals surface area (Å²) in [6, 6.07) is 3.33. The van der Waals surface area contributed by atoms with Gasteiger partial charge < -0.3 is 10.4 Å². The smallest absolute Gasteiger partial charge is 0.251 e. The Labute approximate surface area is 112 Å². The molecule has 2 N–H and O–H groups in total. The molecule has 0 radical (unpaired) electrons. The zero-order valence-corrected chi connectivity index (χ0v) is 11.3. The second-order valence-corrected chi connectivity index (χ2v) is 4.45. The molecule has 0 aromatic carbocycles. The molecule has 18 heavy (non-hydrogen) atoms. The van der Waals surface area contributed by atoms with Crippen LogP contribution in [0.4, 0.5) is 0 Å². The fourth-order valence-electron chi connectivity index (χ4n) is 1.58. The van der Waals surface area contributed by atoms with E-state index in [1.807, 2.05) is 6.92 Å². The van der Waals surface area contributed by atoms with E-state index < -0.39 is 0 Å². The molecule has 0 aliphatic heterocycles. The van der Waals surface area contributed by atoms with Crippen LogP contribution in [0.15, 0.2) is 12.1 Å². The number of aromatic nitrogens is 1. The number of rotatable bonds is 7. The number of amides is 1. The van der Waals surface area contributed by atoms with E-state index >= 15 is 0 Å². The van der Waals surface area contributed by atoms with Crippen molar-refractivity contribution in [2.75, 3.05) is 13.2 Å². The van der Waals surface area contributed by atoms with Gasteiger partial charge in [0, 0.05) is 24.4 Å². The third kappa shape index (κ3) is 5.02. The lowest BCUT2D eigenvalue weighted by atomic mass is 10.2. The number of nitrogens with one attached hydrogen (secondary N) is 1. The van der Waals surface area contributed by atoms with Crippen molar-refractivity contribution in [2.45, 2.75) is 32.6 Å². The fourth-order valence-corrected chi connectivity index (χ4v) is 1.81. The molecule has 4 nitrogen and oxygen atoms in total. The van der Waals surface area contributed by atoms with E-state index in [-0.39, 0.29) is 12.5 Å². The number of aryl methyl sites for hydroxylation is 1. The summed E-state index contributed by atoms with van der Waals surface area (Å²) < 4.78 is 0. The van der Waals surface area contributed by atoms with Crippen molar-refractivity contribution in [2.24, 2.45) is 0 Å². The number of pyridine rings is 1. The fraction of sp³-hybridized carbons (Fsp3) is 0.538. The minimum Gasteiger partial charge on any atom is -0.396 e. The normalized spacial score (nSPS) is 10.4. The van der Waals surface area contributed by atoms with Crippen LogP contribution in [0.5, 0.6) is 0 Å². The Balaban J connectivity index is 2.48. The van der Waals surface area contributed by atoms with Crippen LogP contribution in [-0.4, -0.2) is 29.1 Å². The van der Waals surface area contributed by atoms with Gasteiger partial charge in [-0.1, -0.05) is 18.5 Å². The highest BCUT2D eigenvalue weighted by molar-refractivity contribution is 6.29. The number of aliphatic hydroxyl groups excluding tert-OH is 1. The molecule has 0 aliphatic rings. The van der Waals surface area contributed by atoms with Crippen LogP contribution in [-0.2, 0) is 6.42 Å². The van der Waals surface area contributed by atoms with Gasteiger partial charge in [-0.2, -0.15) is 0 Å². The zero-order valence-electron chi connectivity index (χ0n) is 10.6. The Morgan fingerprint density at radius 1 is 1.39 bits per heavy atom. The first-order chi connectivity index (χ1) is 8.67. The van der Waals surface area contributed by atoms with Gasteiger partial charge in [0.05, 0.1) is 0 Å². The first-order valence-electron chi connectivity index (χ1n) is 6.23. The largest absolute Gasteiger partial charge is 0.396 e. The van der Waals surface area contributed by atoms with E-state index in [0.717, 1.165) is 31.4 Å². The molecule has 0 atom stereocenters. The van der Waals surface area contributed by atoms with Crippen molar-refractivity contribution >= 4 is 17.5 Å². The average Bonchev–Trinajstić information content (AvgIpc) is 2.37. The third-order valence-electron chi connectivity index (χ3n) is 2.59. The number of carbonyl (C=O) groups is 1. The number of halogens is 1. The van der Waals surface area contributed by atoms with Crippen molar-refractivity contribution in [3.05, 3.63) is 28.5 Å². The van der Waals surface area contributed by atoms with Gasteiger partial charge in [0.2, 0.25) is 0 Å². The quantitative estimate of drug-likeness (QED) is 0.590. The molecule has 1 heterocycles. The number of aliphatic hydroxyl groups is 1. The highest BCUT2D eigenvalue weighted by atomic mass is 35.5. The van der Waals surface area contributed by atoms with E-state index in [0.29, 0.717) is 17.3 Å². The highest BCUT2D eigenvalue weighted by Gasteiger charge is 2.08. The Hall–Kier alpha value is -1.13. The molecule has 0 spiro atoms. The minimum absolute atomic E-state index is 0.127. The lowest BCUT2D eigenvalue weighted by molar-refractivity contribution is 0.0952. The zero-order chi connectivity index (χ0) is 13.4. The summed E-state index contributed by atoms with van der Waals surface area (Å²) in [4.78, 5) is 16.0. The molecule has 0 aliphatic carbocycles. The molecule has 0 saturated heterocycles. The lowest BCUT2D eigenvalue weighted by Gasteiger charge is -2.06. The van der Waals surface area contributed by atoms with Crippen molar-refractivity contribution in [3.8, 4) is 0 Å². The van der Waals surface area contributed by atoms with Crippen LogP contribution < -0.4 is 5.32 Å². The highest BCUT2D eigenvalue weighted by Crippen LogP contribution is 2.11. The summed E-state index contributed by atoms with van der Waals surface area (Å²) >= 11 is 5.86. The molecule has 1 rings (SSSR count). The Kier molecular flexibility index (Phi) is 6.68. The third-order valence-corrected chi connectivity index (χ3v) is 2.79. The summed E-state index contributed by atoms with van der Waals surface area (Å²) in [6.45, 7) is 2.78. The SMILES string of the molecule is CCc1cc(C(=O)NCCCCCO)cc(Cl)n1. The lowest BCUT2D eigenvalue weighted by Crippen LogP contribution is -2.24. The molecule has 0 fully saturated rings. The van der Waals surface area contributed by atoms with Crippen LogP contribution in [0.25, 0.3) is 0 Å². The van der Waals surface area contributed by atoms with Gasteiger partial charge in [0.25, 0.3) is 5.91 Å². The summed E-state index contributed by atoms with van der Waals surface area (Å²) in [5.74, 6) is -0.127. The molecule has 0 bridgehead atoms.